The Hall–Kier alpha value is -3.80. The molecule has 0 saturated heterocycles. The molecule has 0 spiro atoms. The van der Waals surface area contributed by atoms with Crippen LogP contribution in [-0.4, -0.2) is 15.0 Å². The van der Waals surface area contributed by atoms with E-state index in [9.17, 15) is 0 Å². The second-order valence-electron chi connectivity index (χ2n) is 9.10. The molecule has 0 unspecified atom stereocenters. The predicted molar refractivity (Wildman–Crippen MR) is 154 cm³/mol. The van der Waals surface area contributed by atoms with Gasteiger partial charge in [-0.15, -0.1) is 0 Å². The fraction of sp³-hybridized carbons (Fsp3) is 0.267. The number of rotatable bonds is 5. The molecule has 36 heavy (non-hydrogen) atoms. The first-order chi connectivity index (χ1) is 17.2. The fourth-order valence-corrected chi connectivity index (χ4v) is 3.73. The van der Waals surface area contributed by atoms with Gasteiger partial charge in [0.25, 0.3) is 0 Å². The summed E-state index contributed by atoms with van der Waals surface area (Å²) < 4.78 is 0. The van der Waals surface area contributed by atoms with Crippen LogP contribution >= 0.6 is 0 Å². The molecule has 0 amide bonds. The van der Waals surface area contributed by atoms with Crippen molar-refractivity contribution in [2.75, 3.05) is 11.9 Å². The standard InChI is InChI=1S/C27H26BN5.C3H8/c1-17-13-25(31-32-26-14-20(4)27(33(5)28)15-19(26)3)18(2)12-24(17)30-29-23-11-10-21-8-6-7-9-22(21)16-23;1-3-2/h6-16H,1-5H3;3H2,1-2H3. The summed E-state index contributed by atoms with van der Waals surface area (Å²) in [6, 6.07) is 22.3. The van der Waals surface area contributed by atoms with Gasteiger partial charge in [0.05, 0.1) is 22.7 Å². The predicted octanol–water partition coefficient (Wildman–Crippen LogP) is 9.84. The SMILES string of the molecule is CCC.[B]N(C)c1cc(C)c(N=Nc2cc(C)c(N=Nc3ccc4ccccc4c3)cc2C)cc1C. The van der Waals surface area contributed by atoms with Gasteiger partial charge in [-0.25, -0.2) is 0 Å². The first kappa shape index (κ1) is 26.8. The molecule has 0 aromatic heterocycles. The topological polar surface area (TPSA) is 52.7 Å². The van der Waals surface area contributed by atoms with E-state index < -0.39 is 0 Å². The summed E-state index contributed by atoms with van der Waals surface area (Å²) in [5.74, 6) is 0. The van der Waals surface area contributed by atoms with E-state index in [1.54, 1.807) is 4.81 Å². The molecule has 5 nitrogen and oxygen atoms in total. The Balaban J connectivity index is 0.00000115. The van der Waals surface area contributed by atoms with Crippen molar-refractivity contribution in [3.8, 4) is 0 Å². The van der Waals surface area contributed by atoms with E-state index in [0.717, 1.165) is 56.1 Å². The summed E-state index contributed by atoms with van der Waals surface area (Å²) in [7, 11) is 7.73. The molecule has 182 valence electrons. The Labute approximate surface area is 216 Å². The molecule has 0 heterocycles. The number of azo groups is 2. The highest BCUT2D eigenvalue weighted by Crippen LogP contribution is 2.33. The molecule has 0 aliphatic rings. The van der Waals surface area contributed by atoms with Crippen molar-refractivity contribution >= 4 is 47.2 Å². The fourth-order valence-electron chi connectivity index (χ4n) is 3.73. The maximum absolute atomic E-state index is 5.90. The van der Waals surface area contributed by atoms with Crippen molar-refractivity contribution in [2.24, 2.45) is 20.5 Å². The molecule has 6 heteroatoms. The first-order valence-electron chi connectivity index (χ1n) is 12.3. The van der Waals surface area contributed by atoms with Crippen LogP contribution in [0.15, 0.2) is 87.2 Å². The number of nitrogens with zero attached hydrogens (tertiary/aromatic N) is 5. The minimum absolute atomic E-state index is 0.814. The average Bonchev–Trinajstić information content (AvgIpc) is 2.85. The zero-order chi connectivity index (χ0) is 26.2. The third kappa shape index (κ3) is 6.66. The number of hydrogen-bond acceptors (Lipinski definition) is 5. The Bertz CT molecular complexity index is 1410. The second-order valence-corrected chi connectivity index (χ2v) is 9.10. The van der Waals surface area contributed by atoms with E-state index in [2.05, 4.69) is 52.5 Å². The van der Waals surface area contributed by atoms with E-state index in [1.165, 1.54) is 11.8 Å². The number of anilines is 1. The quantitative estimate of drug-likeness (QED) is 0.209. The van der Waals surface area contributed by atoms with Crippen molar-refractivity contribution in [3.63, 3.8) is 0 Å². The molecular formula is C30H34BN5. The third-order valence-electron chi connectivity index (χ3n) is 5.68. The lowest BCUT2D eigenvalue weighted by Crippen LogP contribution is -2.12. The Morgan fingerprint density at radius 3 is 1.64 bits per heavy atom. The lowest BCUT2D eigenvalue weighted by atomic mass is 10.1. The Morgan fingerprint density at radius 2 is 1.08 bits per heavy atom. The van der Waals surface area contributed by atoms with Gasteiger partial charge in [-0.2, -0.15) is 20.5 Å². The summed E-state index contributed by atoms with van der Waals surface area (Å²) in [5, 5.41) is 20.3. The summed E-state index contributed by atoms with van der Waals surface area (Å²) in [5.41, 5.74) is 8.32. The van der Waals surface area contributed by atoms with Crippen LogP contribution < -0.4 is 4.81 Å². The average molecular weight is 475 g/mol. The number of fused-ring (bicyclic) bond motifs is 1. The molecule has 2 radical (unpaired) electrons. The van der Waals surface area contributed by atoms with Gasteiger partial charge in [-0.3, -0.25) is 0 Å². The van der Waals surface area contributed by atoms with Crippen LogP contribution in [0.2, 0.25) is 0 Å². The van der Waals surface area contributed by atoms with Gasteiger partial charge in [-0.1, -0.05) is 50.6 Å². The lowest BCUT2D eigenvalue weighted by molar-refractivity contribution is 1.09. The van der Waals surface area contributed by atoms with Crippen molar-refractivity contribution in [1.29, 1.82) is 0 Å². The van der Waals surface area contributed by atoms with E-state index in [4.69, 9.17) is 7.98 Å². The molecule has 0 saturated carbocycles. The Morgan fingerprint density at radius 1 is 0.611 bits per heavy atom. The van der Waals surface area contributed by atoms with Gasteiger partial charge in [0.15, 0.2) is 0 Å². The summed E-state index contributed by atoms with van der Waals surface area (Å²) in [6.07, 6.45) is 1.25. The molecule has 0 bridgehead atoms. The van der Waals surface area contributed by atoms with Gasteiger partial charge in [0.1, 0.15) is 0 Å². The van der Waals surface area contributed by atoms with Gasteiger partial charge in [0, 0.05) is 5.69 Å². The molecule has 0 aliphatic heterocycles. The molecule has 0 fully saturated rings. The van der Waals surface area contributed by atoms with Crippen LogP contribution in [0.4, 0.5) is 28.4 Å². The smallest absolute Gasteiger partial charge is 0.226 e. The van der Waals surface area contributed by atoms with Crippen molar-refractivity contribution < 1.29 is 0 Å². The maximum Gasteiger partial charge on any atom is 0.226 e. The highest BCUT2D eigenvalue weighted by Gasteiger charge is 2.07. The Kier molecular flexibility index (Phi) is 9.12. The zero-order valence-electron chi connectivity index (χ0n) is 22.4. The van der Waals surface area contributed by atoms with E-state index in [0.29, 0.717) is 0 Å². The number of hydrogen-bond donors (Lipinski definition) is 0. The largest absolute Gasteiger partial charge is 0.427 e. The lowest BCUT2D eigenvalue weighted by Gasteiger charge is -2.17. The van der Waals surface area contributed by atoms with Crippen LogP contribution in [0.5, 0.6) is 0 Å². The molecule has 0 atom stereocenters. The normalized spacial score (nSPS) is 11.2. The molecule has 4 aromatic rings. The summed E-state index contributed by atoms with van der Waals surface area (Å²) in [4.78, 5) is 1.61. The van der Waals surface area contributed by atoms with E-state index >= 15 is 0 Å². The first-order valence-corrected chi connectivity index (χ1v) is 12.3. The summed E-state index contributed by atoms with van der Waals surface area (Å²) in [6.45, 7) is 12.3. The summed E-state index contributed by atoms with van der Waals surface area (Å²) >= 11 is 0. The van der Waals surface area contributed by atoms with Crippen molar-refractivity contribution in [3.05, 3.63) is 89.0 Å². The molecule has 0 aliphatic carbocycles. The third-order valence-corrected chi connectivity index (χ3v) is 5.68. The number of benzene rings is 4. The van der Waals surface area contributed by atoms with E-state index in [1.807, 2.05) is 83.3 Å². The minimum atomic E-state index is 0.814. The van der Waals surface area contributed by atoms with Gasteiger partial charge in [0.2, 0.25) is 7.98 Å². The van der Waals surface area contributed by atoms with Gasteiger partial charge < -0.3 is 4.81 Å². The van der Waals surface area contributed by atoms with Crippen LogP contribution in [0.3, 0.4) is 0 Å². The van der Waals surface area contributed by atoms with E-state index in [-0.39, 0.29) is 0 Å². The number of aryl methyl sites for hydroxylation is 4. The second kappa shape index (κ2) is 12.3. The van der Waals surface area contributed by atoms with Crippen molar-refractivity contribution in [2.45, 2.75) is 48.0 Å². The molecular weight excluding hydrogens is 441 g/mol. The highest BCUT2D eigenvalue weighted by atomic mass is 15.1. The van der Waals surface area contributed by atoms with Gasteiger partial charge >= 0.3 is 0 Å². The molecule has 4 aromatic carbocycles. The minimum Gasteiger partial charge on any atom is -0.427 e. The molecule has 0 N–H and O–H groups in total. The zero-order valence-corrected chi connectivity index (χ0v) is 22.4. The van der Waals surface area contributed by atoms with Crippen LogP contribution in [0.1, 0.15) is 42.5 Å². The van der Waals surface area contributed by atoms with Gasteiger partial charge in [-0.05, 0) is 104 Å². The van der Waals surface area contributed by atoms with Crippen LogP contribution in [0, 0.1) is 27.7 Å². The maximum atomic E-state index is 5.90. The monoisotopic (exact) mass is 475 g/mol. The van der Waals surface area contributed by atoms with Crippen LogP contribution in [0.25, 0.3) is 10.8 Å². The molecule has 4 rings (SSSR count). The van der Waals surface area contributed by atoms with Crippen molar-refractivity contribution in [1.82, 2.24) is 0 Å². The highest BCUT2D eigenvalue weighted by molar-refractivity contribution is 6.17. The van der Waals surface area contributed by atoms with Crippen LogP contribution in [-0.2, 0) is 0 Å².